The van der Waals surface area contributed by atoms with Crippen molar-refractivity contribution in [3.05, 3.63) is 0 Å². The molecular formula is C12H26N4. The normalized spacial score (nSPS) is 22.3. The highest BCUT2D eigenvalue weighted by Gasteiger charge is 2.23. The van der Waals surface area contributed by atoms with E-state index in [1.165, 1.54) is 32.1 Å². The van der Waals surface area contributed by atoms with Crippen LogP contribution < -0.4 is 11.3 Å². The summed E-state index contributed by atoms with van der Waals surface area (Å²) in [5.41, 5.74) is 2.77. The van der Waals surface area contributed by atoms with E-state index in [4.69, 9.17) is 5.84 Å². The van der Waals surface area contributed by atoms with Gasteiger partial charge in [-0.3, -0.25) is 10.4 Å². The van der Waals surface area contributed by atoms with Gasteiger partial charge >= 0.3 is 0 Å². The molecule has 1 rings (SSSR count). The zero-order valence-electron chi connectivity index (χ0n) is 10.7. The number of guanidine groups is 1. The molecule has 94 valence electrons. The minimum Gasteiger partial charge on any atom is -0.339 e. The molecule has 0 aromatic rings. The van der Waals surface area contributed by atoms with Gasteiger partial charge < -0.3 is 4.90 Å². The highest BCUT2D eigenvalue weighted by atomic mass is 15.4. The Hall–Kier alpha value is -0.770. The molecule has 0 radical (unpaired) electrons. The molecule has 3 N–H and O–H groups in total. The van der Waals surface area contributed by atoms with Crippen LogP contribution in [0, 0.1) is 0 Å². The highest BCUT2D eigenvalue weighted by molar-refractivity contribution is 5.79. The van der Waals surface area contributed by atoms with Crippen molar-refractivity contribution >= 4 is 5.96 Å². The lowest BCUT2D eigenvalue weighted by Gasteiger charge is -2.37. The average molecular weight is 226 g/mol. The standard InChI is InChI=1S/C12H26N4/c1-3-7-11-8-5-6-10-16(11)12(15-13)14-9-4-2/h11H,3-10,13H2,1-2H3,(H,14,15). The number of likely N-dealkylation sites (tertiary alicyclic amines) is 1. The Morgan fingerprint density at radius 2 is 2.19 bits per heavy atom. The molecule has 0 spiro atoms. The maximum absolute atomic E-state index is 5.58. The Bertz CT molecular complexity index is 213. The zero-order chi connectivity index (χ0) is 11.8. The third kappa shape index (κ3) is 3.67. The maximum Gasteiger partial charge on any atom is 0.208 e. The average Bonchev–Trinajstić information content (AvgIpc) is 2.32. The number of hydrogen-bond donors (Lipinski definition) is 2. The number of hydrogen-bond acceptors (Lipinski definition) is 2. The molecule has 0 bridgehead atoms. The number of nitrogens with zero attached hydrogens (tertiary/aromatic N) is 2. The van der Waals surface area contributed by atoms with Gasteiger partial charge in [-0.25, -0.2) is 5.84 Å². The molecule has 0 aliphatic carbocycles. The number of nitrogens with two attached hydrogens (primary N) is 1. The van der Waals surface area contributed by atoms with Crippen LogP contribution in [0.1, 0.15) is 52.4 Å². The van der Waals surface area contributed by atoms with Gasteiger partial charge in [0.2, 0.25) is 5.96 Å². The van der Waals surface area contributed by atoms with Crippen LogP contribution in [0.4, 0.5) is 0 Å². The van der Waals surface area contributed by atoms with E-state index in [2.05, 4.69) is 29.2 Å². The lowest BCUT2D eigenvalue weighted by molar-refractivity contribution is 0.221. The molecule has 1 atom stereocenters. The second-order valence-electron chi connectivity index (χ2n) is 4.48. The van der Waals surface area contributed by atoms with Gasteiger partial charge in [0.15, 0.2) is 0 Å². The fourth-order valence-electron chi connectivity index (χ4n) is 2.35. The summed E-state index contributed by atoms with van der Waals surface area (Å²) in [5.74, 6) is 6.47. The summed E-state index contributed by atoms with van der Waals surface area (Å²) >= 11 is 0. The van der Waals surface area contributed by atoms with Crippen molar-refractivity contribution < 1.29 is 0 Å². The van der Waals surface area contributed by atoms with E-state index in [1.54, 1.807) is 0 Å². The number of hydrazine groups is 1. The minimum atomic E-state index is 0.630. The predicted molar refractivity (Wildman–Crippen MR) is 69.2 cm³/mol. The predicted octanol–water partition coefficient (Wildman–Crippen LogP) is 1.87. The smallest absolute Gasteiger partial charge is 0.208 e. The molecule has 1 aliphatic rings. The van der Waals surface area contributed by atoms with E-state index in [0.717, 1.165) is 25.5 Å². The van der Waals surface area contributed by atoms with Crippen LogP contribution in [0.15, 0.2) is 4.99 Å². The lowest BCUT2D eigenvalue weighted by atomic mass is 9.99. The summed E-state index contributed by atoms with van der Waals surface area (Å²) in [6, 6.07) is 0.630. The Balaban J connectivity index is 2.63. The second kappa shape index (κ2) is 7.49. The lowest BCUT2D eigenvalue weighted by Crippen LogP contribution is -2.51. The molecule has 1 aliphatic heterocycles. The van der Waals surface area contributed by atoms with Crippen molar-refractivity contribution in [2.24, 2.45) is 10.8 Å². The number of piperidine rings is 1. The SMILES string of the molecule is CCCN=C(NN)N1CCCCC1CCC. The Morgan fingerprint density at radius 3 is 2.81 bits per heavy atom. The molecular weight excluding hydrogens is 200 g/mol. The summed E-state index contributed by atoms with van der Waals surface area (Å²) in [5, 5.41) is 0. The van der Waals surface area contributed by atoms with Crippen LogP contribution in [0.3, 0.4) is 0 Å². The van der Waals surface area contributed by atoms with Crippen LogP contribution in [0.25, 0.3) is 0 Å². The first-order valence-corrected chi connectivity index (χ1v) is 6.61. The first kappa shape index (κ1) is 13.3. The quantitative estimate of drug-likeness (QED) is 0.333. The molecule has 4 nitrogen and oxygen atoms in total. The van der Waals surface area contributed by atoms with Crippen LogP contribution in [0.5, 0.6) is 0 Å². The van der Waals surface area contributed by atoms with Gasteiger partial charge in [0.1, 0.15) is 0 Å². The van der Waals surface area contributed by atoms with Crippen molar-refractivity contribution in [2.75, 3.05) is 13.1 Å². The highest BCUT2D eigenvalue weighted by Crippen LogP contribution is 2.20. The van der Waals surface area contributed by atoms with Crippen LogP contribution >= 0.6 is 0 Å². The summed E-state index contributed by atoms with van der Waals surface area (Å²) in [6.45, 7) is 6.33. The van der Waals surface area contributed by atoms with Crippen molar-refractivity contribution in [1.29, 1.82) is 0 Å². The minimum absolute atomic E-state index is 0.630. The molecule has 0 saturated carbocycles. The largest absolute Gasteiger partial charge is 0.339 e. The molecule has 1 fully saturated rings. The van der Waals surface area contributed by atoms with Crippen LogP contribution in [0.2, 0.25) is 0 Å². The van der Waals surface area contributed by atoms with E-state index in [-0.39, 0.29) is 0 Å². The summed E-state index contributed by atoms with van der Waals surface area (Å²) in [6.07, 6.45) is 7.41. The van der Waals surface area contributed by atoms with Gasteiger partial charge in [-0.05, 0) is 32.1 Å². The van der Waals surface area contributed by atoms with E-state index in [9.17, 15) is 0 Å². The first-order valence-electron chi connectivity index (χ1n) is 6.61. The third-order valence-electron chi connectivity index (χ3n) is 3.14. The number of rotatable bonds is 4. The summed E-state index contributed by atoms with van der Waals surface area (Å²) in [4.78, 5) is 6.89. The van der Waals surface area contributed by atoms with Gasteiger partial charge in [0.05, 0.1) is 0 Å². The summed E-state index contributed by atoms with van der Waals surface area (Å²) < 4.78 is 0. The van der Waals surface area contributed by atoms with Crippen molar-refractivity contribution in [1.82, 2.24) is 10.3 Å². The molecule has 1 heterocycles. The van der Waals surface area contributed by atoms with E-state index in [1.807, 2.05) is 0 Å². The maximum atomic E-state index is 5.58. The monoisotopic (exact) mass is 226 g/mol. The fraction of sp³-hybridized carbons (Fsp3) is 0.917. The topological polar surface area (TPSA) is 53.6 Å². The Labute approximate surface area is 99.3 Å². The summed E-state index contributed by atoms with van der Waals surface area (Å²) in [7, 11) is 0. The van der Waals surface area contributed by atoms with E-state index >= 15 is 0 Å². The number of nitrogens with one attached hydrogen (secondary N) is 1. The van der Waals surface area contributed by atoms with Gasteiger partial charge in [-0.15, -0.1) is 0 Å². The molecule has 0 amide bonds. The molecule has 0 aromatic heterocycles. The second-order valence-corrected chi connectivity index (χ2v) is 4.48. The van der Waals surface area contributed by atoms with Crippen LogP contribution in [-0.2, 0) is 0 Å². The number of aliphatic imine (C=N–C) groups is 1. The van der Waals surface area contributed by atoms with Gasteiger partial charge in [-0.1, -0.05) is 20.3 Å². The van der Waals surface area contributed by atoms with Gasteiger partial charge in [0.25, 0.3) is 0 Å². The zero-order valence-corrected chi connectivity index (χ0v) is 10.7. The van der Waals surface area contributed by atoms with Gasteiger partial charge in [-0.2, -0.15) is 0 Å². The van der Waals surface area contributed by atoms with Crippen molar-refractivity contribution in [3.8, 4) is 0 Å². The Morgan fingerprint density at radius 1 is 1.38 bits per heavy atom. The Kier molecular flexibility index (Phi) is 6.23. The van der Waals surface area contributed by atoms with E-state index in [0.29, 0.717) is 6.04 Å². The molecule has 0 aromatic carbocycles. The van der Waals surface area contributed by atoms with E-state index < -0.39 is 0 Å². The first-order chi connectivity index (χ1) is 7.83. The molecule has 1 unspecified atom stereocenters. The van der Waals surface area contributed by atoms with Crippen LogP contribution in [-0.4, -0.2) is 30.0 Å². The van der Waals surface area contributed by atoms with Gasteiger partial charge in [0, 0.05) is 19.1 Å². The molecule has 16 heavy (non-hydrogen) atoms. The van der Waals surface area contributed by atoms with Crippen molar-refractivity contribution in [3.63, 3.8) is 0 Å². The van der Waals surface area contributed by atoms with Crippen molar-refractivity contribution in [2.45, 2.75) is 58.4 Å². The molecule has 4 heteroatoms. The fourth-order valence-corrected chi connectivity index (χ4v) is 2.35. The molecule has 1 saturated heterocycles. The third-order valence-corrected chi connectivity index (χ3v) is 3.14.